The van der Waals surface area contributed by atoms with Gasteiger partial charge in [-0.05, 0) is 6.07 Å². The number of rotatable bonds is 4. The molecule has 0 bridgehead atoms. The lowest BCUT2D eigenvalue weighted by molar-refractivity contribution is 0.687. The molecule has 12 heavy (non-hydrogen) atoms. The summed E-state index contributed by atoms with van der Waals surface area (Å²) < 4.78 is 10.7. The predicted octanol–water partition coefficient (Wildman–Crippen LogP) is 0.267. The molecule has 1 aromatic rings. The van der Waals surface area contributed by atoms with Gasteiger partial charge in [0.1, 0.15) is 0 Å². The van der Waals surface area contributed by atoms with Gasteiger partial charge in [0.25, 0.3) is 0 Å². The number of nitrogens with one attached hydrogen (secondary N) is 1. The molecule has 1 aromatic heterocycles. The molecule has 1 rings (SSSR count). The van der Waals surface area contributed by atoms with Gasteiger partial charge in [-0.3, -0.25) is 4.21 Å². The van der Waals surface area contributed by atoms with Crippen molar-refractivity contribution in [1.29, 1.82) is 0 Å². The Bertz CT molecular complexity index is 252. The summed E-state index contributed by atoms with van der Waals surface area (Å²) in [4.78, 5) is 7.91. The van der Waals surface area contributed by atoms with E-state index in [1.807, 2.05) is 0 Å². The number of anilines is 1. The van der Waals surface area contributed by atoms with Crippen molar-refractivity contribution in [3.8, 4) is 0 Å². The van der Waals surface area contributed by atoms with Crippen LogP contribution in [0.4, 0.5) is 5.95 Å². The molecule has 0 aliphatic heterocycles. The van der Waals surface area contributed by atoms with Crippen LogP contribution in [0.15, 0.2) is 18.5 Å². The summed E-state index contributed by atoms with van der Waals surface area (Å²) >= 11 is 0. The van der Waals surface area contributed by atoms with Gasteiger partial charge < -0.3 is 5.32 Å². The third-order valence-electron chi connectivity index (χ3n) is 1.24. The minimum Gasteiger partial charge on any atom is -0.353 e. The highest BCUT2D eigenvalue weighted by molar-refractivity contribution is 7.84. The summed E-state index contributed by atoms with van der Waals surface area (Å²) in [5.41, 5.74) is 0. The van der Waals surface area contributed by atoms with Gasteiger partial charge in [-0.15, -0.1) is 0 Å². The first-order chi connectivity index (χ1) is 5.79. The average Bonchev–Trinajstić information content (AvgIpc) is 2.05. The maximum absolute atomic E-state index is 10.7. The molecular formula is C7H11N3OS. The molecule has 1 heterocycles. The highest BCUT2D eigenvalue weighted by Crippen LogP contribution is 1.92. The third kappa shape index (κ3) is 3.43. The molecule has 0 aliphatic rings. The van der Waals surface area contributed by atoms with Gasteiger partial charge in [0.15, 0.2) is 0 Å². The van der Waals surface area contributed by atoms with Crippen LogP contribution < -0.4 is 5.32 Å². The van der Waals surface area contributed by atoms with E-state index in [4.69, 9.17) is 0 Å². The van der Waals surface area contributed by atoms with Crippen LogP contribution in [-0.2, 0) is 10.8 Å². The molecule has 0 amide bonds. The zero-order valence-electron chi connectivity index (χ0n) is 6.86. The van der Waals surface area contributed by atoms with E-state index in [0.29, 0.717) is 18.2 Å². The van der Waals surface area contributed by atoms with Crippen molar-refractivity contribution in [2.75, 3.05) is 23.9 Å². The van der Waals surface area contributed by atoms with Gasteiger partial charge in [0, 0.05) is 41.7 Å². The third-order valence-corrected chi connectivity index (χ3v) is 2.02. The second kappa shape index (κ2) is 4.82. The maximum Gasteiger partial charge on any atom is 0.222 e. The lowest BCUT2D eigenvalue weighted by atomic mass is 10.6. The van der Waals surface area contributed by atoms with Crippen molar-refractivity contribution < 1.29 is 4.21 Å². The summed E-state index contributed by atoms with van der Waals surface area (Å²) in [6.07, 6.45) is 5.00. The quantitative estimate of drug-likeness (QED) is 0.731. The summed E-state index contributed by atoms with van der Waals surface area (Å²) in [5, 5.41) is 2.96. The molecule has 0 aromatic carbocycles. The Morgan fingerprint density at radius 1 is 1.50 bits per heavy atom. The first-order valence-electron chi connectivity index (χ1n) is 3.60. The predicted molar refractivity (Wildman–Crippen MR) is 49.5 cm³/mol. The summed E-state index contributed by atoms with van der Waals surface area (Å²) in [7, 11) is -0.757. The Balaban J connectivity index is 2.29. The fourth-order valence-electron chi connectivity index (χ4n) is 0.697. The summed E-state index contributed by atoms with van der Waals surface area (Å²) in [6.45, 7) is 0.646. The summed E-state index contributed by atoms with van der Waals surface area (Å²) in [6, 6.07) is 1.75. The maximum atomic E-state index is 10.7. The zero-order chi connectivity index (χ0) is 8.81. The molecule has 0 radical (unpaired) electrons. The molecular weight excluding hydrogens is 174 g/mol. The van der Waals surface area contributed by atoms with E-state index in [-0.39, 0.29) is 0 Å². The van der Waals surface area contributed by atoms with Crippen molar-refractivity contribution in [2.45, 2.75) is 0 Å². The van der Waals surface area contributed by atoms with E-state index in [9.17, 15) is 4.21 Å². The summed E-state index contributed by atoms with van der Waals surface area (Å²) in [5.74, 6) is 1.21. The van der Waals surface area contributed by atoms with E-state index in [2.05, 4.69) is 15.3 Å². The number of hydrogen-bond acceptors (Lipinski definition) is 4. The van der Waals surface area contributed by atoms with Crippen LogP contribution in [0.3, 0.4) is 0 Å². The van der Waals surface area contributed by atoms with Gasteiger partial charge in [-0.25, -0.2) is 9.97 Å². The lowest BCUT2D eigenvalue weighted by Crippen LogP contribution is -2.11. The largest absolute Gasteiger partial charge is 0.353 e. The number of nitrogens with zero attached hydrogens (tertiary/aromatic N) is 2. The topological polar surface area (TPSA) is 54.9 Å². The van der Waals surface area contributed by atoms with Crippen molar-refractivity contribution in [2.24, 2.45) is 0 Å². The molecule has 1 unspecified atom stereocenters. The first kappa shape index (κ1) is 9.12. The van der Waals surface area contributed by atoms with Crippen LogP contribution in [0.2, 0.25) is 0 Å². The zero-order valence-corrected chi connectivity index (χ0v) is 7.67. The van der Waals surface area contributed by atoms with Crippen molar-refractivity contribution in [3.63, 3.8) is 0 Å². The molecule has 0 spiro atoms. The van der Waals surface area contributed by atoms with E-state index < -0.39 is 10.8 Å². The monoisotopic (exact) mass is 185 g/mol. The smallest absolute Gasteiger partial charge is 0.222 e. The molecule has 0 fully saturated rings. The Kier molecular flexibility index (Phi) is 3.66. The van der Waals surface area contributed by atoms with Crippen LogP contribution in [0.25, 0.3) is 0 Å². The Labute approximate surface area is 73.9 Å². The van der Waals surface area contributed by atoms with Crippen molar-refractivity contribution >= 4 is 16.7 Å². The highest BCUT2D eigenvalue weighted by Gasteiger charge is 1.93. The first-order valence-corrected chi connectivity index (χ1v) is 5.32. The Morgan fingerprint density at radius 3 is 2.75 bits per heavy atom. The SMILES string of the molecule is CS(=O)CCNc1ncccn1. The Morgan fingerprint density at radius 2 is 2.17 bits per heavy atom. The molecule has 66 valence electrons. The molecule has 1 atom stereocenters. The normalized spacial score (nSPS) is 12.4. The molecule has 4 nitrogen and oxygen atoms in total. The lowest BCUT2D eigenvalue weighted by Gasteiger charge is -2.00. The Hall–Kier alpha value is -0.970. The van der Waals surface area contributed by atoms with Gasteiger partial charge in [0.05, 0.1) is 0 Å². The molecule has 5 heteroatoms. The van der Waals surface area contributed by atoms with E-state index >= 15 is 0 Å². The van der Waals surface area contributed by atoms with Crippen molar-refractivity contribution in [3.05, 3.63) is 18.5 Å². The van der Waals surface area contributed by atoms with Crippen LogP contribution in [0.5, 0.6) is 0 Å². The minimum atomic E-state index is -0.757. The van der Waals surface area contributed by atoms with Gasteiger partial charge in [-0.1, -0.05) is 0 Å². The fraction of sp³-hybridized carbons (Fsp3) is 0.429. The molecule has 0 saturated carbocycles. The van der Waals surface area contributed by atoms with E-state index in [1.165, 1.54) is 0 Å². The van der Waals surface area contributed by atoms with E-state index in [1.54, 1.807) is 24.7 Å². The molecule has 0 aliphatic carbocycles. The second-order valence-electron chi connectivity index (χ2n) is 2.28. The van der Waals surface area contributed by atoms with Crippen LogP contribution in [0.1, 0.15) is 0 Å². The molecule has 1 N–H and O–H groups in total. The minimum absolute atomic E-state index is 0.586. The van der Waals surface area contributed by atoms with Crippen LogP contribution in [0, 0.1) is 0 Å². The van der Waals surface area contributed by atoms with Crippen LogP contribution >= 0.6 is 0 Å². The van der Waals surface area contributed by atoms with Crippen LogP contribution in [-0.4, -0.2) is 32.7 Å². The average molecular weight is 185 g/mol. The van der Waals surface area contributed by atoms with Crippen molar-refractivity contribution in [1.82, 2.24) is 9.97 Å². The number of aromatic nitrogens is 2. The number of hydrogen-bond donors (Lipinski definition) is 1. The second-order valence-corrected chi connectivity index (χ2v) is 3.83. The molecule has 0 saturated heterocycles. The highest BCUT2D eigenvalue weighted by atomic mass is 32.2. The van der Waals surface area contributed by atoms with Gasteiger partial charge in [-0.2, -0.15) is 0 Å². The standard InChI is InChI=1S/C7H11N3OS/c1-12(11)6-5-10-7-8-3-2-4-9-7/h2-4H,5-6H2,1H3,(H,8,9,10). The van der Waals surface area contributed by atoms with Gasteiger partial charge >= 0.3 is 0 Å². The van der Waals surface area contributed by atoms with E-state index in [0.717, 1.165) is 0 Å². The fourth-order valence-corrected chi connectivity index (χ4v) is 1.09. The van der Waals surface area contributed by atoms with Gasteiger partial charge in [0.2, 0.25) is 5.95 Å².